The van der Waals surface area contributed by atoms with Crippen LogP contribution < -0.4 is 9.70 Å². The second kappa shape index (κ2) is 7.97. The van der Waals surface area contributed by atoms with E-state index in [1.54, 1.807) is 39.2 Å². The highest BCUT2D eigenvalue weighted by atomic mass is 32.1. The Morgan fingerprint density at radius 1 is 1.14 bits per heavy atom. The van der Waals surface area contributed by atoms with Gasteiger partial charge in [0.25, 0.3) is 5.91 Å². The first kappa shape index (κ1) is 19.0. The lowest BCUT2D eigenvalue weighted by molar-refractivity contribution is -0.112. The molecule has 0 atom stereocenters. The number of hydrogen-bond acceptors (Lipinski definition) is 4. The number of carbonyl (C=O) groups is 1. The molecular weight excluding hydrogens is 387 g/mol. The molecule has 29 heavy (non-hydrogen) atoms. The minimum atomic E-state index is -0.358. The first-order valence-electron chi connectivity index (χ1n) is 9.22. The first-order chi connectivity index (χ1) is 14.2. The zero-order valence-electron chi connectivity index (χ0n) is 15.9. The summed E-state index contributed by atoms with van der Waals surface area (Å²) in [7, 11) is 0. The second-order valence-corrected chi connectivity index (χ2v) is 7.18. The van der Waals surface area contributed by atoms with Crippen molar-refractivity contribution in [2.75, 3.05) is 18.0 Å². The van der Waals surface area contributed by atoms with Gasteiger partial charge in [-0.2, -0.15) is 5.10 Å². The van der Waals surface area contributed by atoms with Crippen molar-refractivity contribution >= 4 is 28.6 Å². The molecule has 7 heteroatoms. The van der Waals surface area contributed by atoms with E-state index >= 15 is 0 Å². The molecule has 4 rings (SSSR count). The Bertz CT molecular complexity index is 1190. The molecule has 2 aromatic carbocycles. The number of aromatic nitrogens is 1. The zero-order valence-corrected chi connectivity index (χ0v) is 16.7. The van der Waals surface area contributed by atoms with Gasteiger partial charge in [0.2, 0.25) is 4.80 Å². The van der Waals surface area contributed by atoms with Gasteiger partial charge < -0.3 is 4.90 Å². The highest BCUT2D eigenvalue weighted by Crippen LogP contribution is 2.30. The Morgan fingerprint density at radius 3 is 2.59 bits per heavy atom. The van der Waals surface area contributed by atoms with Crippen LogP contribution in [0.1, 0.15) is 12.5 Å². The molecule has 0 aliphatic carbocycles. The number of thiazole rings is 1. The SMILES string of the molecule is C=CCN=c1scc(-c2ccccc2F)n1N=C1C(=O)N(CC)c2ccccc21. The van der Waals surface area contributed by atoms with E-state index in [0.29, 0.717) is 34.9 Å². The monoisotopic (exact) mass is 406 g/mol. The Hall–Kier alpha value is -3.32. The molecule has 1 aliphatic rings. The average molecular weight is 406 g/mol. The molecule has 0 spiro atoms. The van der Waals surface area contributed by atoms with Gasteiger partial charge in [-0.05, 0) is 25.1 Å². The molecule has 0 radical (unpaired) electrons. The molecule has 1 aromatic heterocycles. The van der Waals surface area contributed by atoms with Crippen molar-refractivity contribution in [1.29, 1.82) is 0 Å². The first-order valence-corrected chi connectivity index (χ1v) is 10.1. The summed E-state index contributed by atoms with van der Waals surface area (Å²) in [5.74, 6) is -0.538. The van der Waals surface area contributed by atoms with Crippen molar-refractivity contribution in [3.05, 3.63) is 82.7 Å². The normalized spacial score (nSPS) is 15.2. The van der Waals surface area contributed by atoms with Crippen molar-refractivity contribution in [3.8, 4) is 11.3 Å². The van der Waals surface area contributed by atoms with E-state index in [9.17, 15) is 9.18 Å². The van der Waals surface area contributed by atoms with Gasteiger partial charge in [0, 0.05) is 23.1 Å². The molecule has 146 valence electrons. The molecule has 0 fully saturated rings. The van der Waals surface area contributed by atoms with Gasteiger partial charge in [-0.25, -0.2) is 9.07 Å². The number of halogens is 1. The summed E-state index contributed by atoms with van der Waals surface area (Å²) in [4.78, 5) is 19.7. The van der Waals surface area contributed by atoms with E-state index in [-0.39, 0.29) is 11.7 Å². The van der Waals surface area contributed by atoms with Crippen LogP contribution in [0.15, 0.2) is 76.7 Å². The number of hydrogen-bond donors (Lipinski definition) is 0. The van der Waals surface area contributed by atoms with Gasteiger partial charge in [0.05, 0.1) is 17.9 Å². The topological polar surface area (TPSA) is 50.0 Å². The predicted octanol–water partition coefficient (Wildman–Crippen LogP) is 4.06. The van der Waals surface area contributed by atoms with E-state index in [4.69, 9.17) is 0 Å². The lowest BCUT2D eigenvalue weighted by atomic mass is 10.1. The third kappa shape index (κ3) is 3.34. The van der Waals surface area contributed by atoms with Crippen LogP contribution >= 0.6 is 11.3 Å². The number of anilines is 1. The summed E-state index contributed by atoms with van der Waals surface area (Å²) in [6, 6.07) is 14.0. The van der Waals surface area contributed by atoms with Crippen LogP contribution in [0.25, 0.3) is 11.3 Å². The number of para-hydroxylation sites is 1. The van der Waals surface area contributed by atoms with Crippen molar-refractivity contribution in [2.45, 2.75) is 6.92 Å². The molecule has 0 bridgehead atoms. The number of amides is 1. The second-order valence-electron chi connectivity index (χ2n) is 6.34. The molecule has 0 saturated carbocycles. The standard InChI is InChI=1S/C22H19FN4OS/c1-3-13-24-22-27(19(14-29-22)15-9-5-7-11-17(15)23)25-20-16-10-6-8-12-18(16)26(4-2)21(20)28/h3,5-12,14H,1,4,13H2,2H3. The predicted molar refractivity (Wildman–Crippen MR) is 115 cm³/mol. The maximum absolute atomic E-state index is 14.5. The number of likely N-dealkylation sites (N-methyl/N-ethyl adjacent to an activating group) is 1. The Balaban J connectivity index is 1.95. The van der Waals surface area contributed by atoms with Crippen LogP contribution in [0.5, 0.6) is 0 Å². The Labute approximate surface area is 171 Å². The summed E-state index contributed by atoms with van der Waals surface area (Å²) in [6.45, 7) is 6.55. The third-order valence-corrected chi connectivity index (χ3v) is 5.46. The van der Waals surface area contributed by atoms with Gasteiger partial charge in [0.1, 0.15) is 5.82 Å². The van der Waals surface area contributed by atoms with Crippen molar-refractivity contribution in [1.82, 2.24) is 4.68 Å². The number of carbonyl (C=O) groups excluding carboxylic acids is 1. The number of fused-ring (bicyclic) bond motifs is 1. The summed E-state index contributed by atoms with van der Waals surface area (Å²) in [5, 5.41) is 6.47. The molecule has 0 N–H and O–H groups in total. The maximum atomic E-state index is 14.5. The molecule has 0 saturated heterocycles. The minimum absolute atomic E-state index is 0.179. The Morgan fingerprint density at radius 2 is 1.86 bits per heavy atom. The lowest BCUT2D eigenvalue weighted by Gasteiger charge is -2.13. The summed E-state index contributed by atoms with van der Waals surface area (Å²) >= 11 is 1.34. The van der Waals surface area contributed by atoms with Crippen LogP contribution in [0.4, 0.5) is 10.1 Å². The average Bonchev–Trinajstić information content (AvgIpc) is 3.25. The Kier molecular flexibility index (Phi) is 5.22. The minimum Gasteiger partial charge on any atom is -0.307 e. The molecule has 1 amide bonds. The highest BCUT2D eigenvalue weighted by Gasteiger charge is 2.33. The summed E-state index contributed by atoms with van der Waals surface area (Å²) < 4.78 is 16.0. The molecule has 0 unspecified atom stereocenters. The zero-order chi connectivity index (χ0) is 20.4. The number of benzene rings is 2. The summed E-state index contributed by atoms with van der Waals surface area (Å²) in [6.07, 6.45) is 1.68. The smallest absolute Gasteiger partial charge is 0.279 e. The van der Waals surface area contributed by atoms with E-state index in [1.807, 2.05) is 31.2 Å². The largest absolute Gasteiger partial charge is 0.307 e. The maximum Gasteiger partial charge on any atom is 0.279 e. The lowest BCUT2D eigenvalue weighted by Crippen LogP contribution is -2.30. The van der Waals surface area contributed by atoms with E-state index < -0.39 is 0 Å². The van der Waals surface area contributed by atoms with Crippen LogP contribution in [0.3, 0.4) is 0 Å². The fraction of sp³-hybridized carbons (Fsp3) is 0.136. The third-order valence-electron chi connectivity index (χ3n) is 4.60. The van der Waals surface area contributed by atoms with E-state index in [1.165, 1.54) is 17.4 Å². The van der Waals surface area contributed by atoms with Crippen LogP contribution in [-0.4, -0.2) is 29.4 Å². The van der Waals surface area contributed by atoms with Gasteiger partial charge in [-0.1, -0.05) is 36.4 Å². The molecular formula is C22H19FN4OS. The van der Waals surface area contributed by atoms with E-state index in [2.05, 4.69) is 16.7 Å². The molecule has 5 nitrogen and oxygen atoms in total. The molecule has 3 aromatic rings. The fourth-order valence-corrected chi connectivity index (χ4v) is 4.11. The van der Waals surface area contributed by atoms with Gasteiger partial charge in [-0.15, -0.1) is 17.9 Å². The molecule has 2 heterocycles. The van der Waals surface area contributed by atoms with E-state index in [0.717, 1.165) is 11.3 Å². The van der Waals surface area contributed by atoms with Crippen molar-refractivity contribution < 1.29 is 9.18 Å². The number of rotatable bonds is 5. The molecule has 1 aliphatic heterocycles. The van der Waals surface area contributed by atoms with Gasteiger partial charge in [0.15, 0.2) is 5.71 Å². The van der Waals surface area contributed by atoms with Gasteiger partial charge in [-0.3, -0.25) is 9.79 Å². The van der Waals surface area contributed by atoms with Gasteiger partial charge >= 0.3 is 0 Å². The van der Waals surface area contributed by atoms with Crippen LogP contribution in [-0.2, 0) is 4.79 Å². The quantitative estimate of drug-likeness (QED) is 0.590. The van der Waals surface area contributed by atoms with Crippen molar-refractivity contribution in [3.63, 3.8) is 0 Å². The van der Waals surface area contributed by atoms with Crippen LogP contribution in [0.2, 0.25) is 0 Å². The highest BCUT2D eigenvalue weighted by molar-refractivity contribution is 7.07. The van der Waals surface area contributed by atoms with Crippen LogP contribution in [0, 0.1) is 5.82 Å². The number of nitrogens with zero attached hydrogens (tertiary/aromatic N) is 4. The summed E-state index contributed by atoms with van der Waals surface area (Å²) in [5.41, 5.74) is 2.85. The fourth-order valence-electron chi connectivity index (χ4n) is 3.27. The van der Waals surface area contributed by atoms with Crippen molar-refractivity contribution in [2.24, 2.45) is 10.1 Å².